The van der Waals surface area contributed by atoms with Crippen molar-refractivity contribution in [1.82, 2.24) is 19.4 Å². The van der Waals surface area contributed by atoms with Gasteiger partial charge in [-0.2, -0.15) is 0 Å². The van der Waals surface area contributed by atoms with Crippen LogP contribution in [0.1, 0.15) is 46.4 Å². The lowest BCUT2D eigenvalue weighted by Gasteiger charge is -2.36. The Bertz CT molecular complexity index is 1200. The Morgan fingerprint density at radius 1 is 1.18 bits per heavy atom. The normalized spacial score (nSPS) is 19.1. The summed E-state index contributed by atoms with van der Waals surface area (Å²) < 4.78 is 7.32. The van der Waals surface area contributed by atoms with Crippen molar-refractivity contribution >= 4 is 23.0 Å². The van der Waals surface area contributed by atoms with Gasteiger partial charge in [0.2, 0.25) is 0 Å². The molecule has 0 radical (unpaired) electrons. The molecule has 176 valence electrons. The molecule has 0 spiro atoms. The SMILES string of the molecule is Cc1cc(CC(=O)c2ccn(-c3ccc(Cl)cn3)c2)cnc1C1=CCC(N2CCOCC2)CC1. The van der Waals surface area contributed by atoms with Crippen molar-refractivity contribution in [2.45, 2.75) is 38.6 Å². The number of ether oxygens (including phenoxy) is 1. The van der Waals surface area contributed by atoms with Crippen LogP contribution in [0.5, 0.6) is 0 Å². The Hall–Kier alpha value is -2.80. The second-order valence-corrected chi connectivity index (χ2v) is 9.49. The standard InChI is InChI=1S/C27H29ClN4O2/c1-19-14-20(15-25(33)22-8-9-32(18-22)26-7-4-23(28)17-29-26)16-30-27(19)21-2-5-24(6-3-21)31-10-12-34-13-11-31/h2,4,7-9,14,16-18,24H,3,5-6,10-13,15H2,1H3. The fourth-order valence-electron chi connectivity index (χ4n) is 4.89. The third kappa shape index (κ3) is 5.14. The van der Waals surface area contributed by atoms with Gasteiger partial charge in [0, 0.05) is 55.9 Å². The van der Waals surface area contributed by atoms with Crippen molar-refractivity contribution in [3.8, 4) is 5.82 Å². The van der Waals surface area contributed by atoms with Crippen LogP contribution >= 0.6 is 11.6 Å². The molecule has 1 aliphatic carbocycles. The van der Waals surface area contributed by atoms with Crippen molar-refractivity contribution in [3.05, 3.63) is 82.5 Å². The molecule has 34 heavy (non-hydrogen) atoms. The van der Waals surface area contributed by atoms with Gasteiger partial charge in [0.25, 0.3) is 0 Å². The van der Waals surface area contributed by atoms with Crippen molar-refractivity contribution in [2.24, 2.45) is 0 Å². The fraction of sp³-hybridized carbons (Fsp3) is 0.370. The summed E-state index contributed by atoms with van der Waals surface area (Å²) in [5.41, 5.74) is 5.11. The number of allylic oxidation sites excluding steroid dienone is 1. The van der Waals surface area contributed by atoms with Gasteiger partial charge in [-0.05, 0) is 61.1 Å². The van der Waals surface area contributed by atoms with Crippen LogP contribution in [0.4, 0.5) is 0 Å². The van der Waals surface area contributed by atoms with Gasteiger partial charge in [0.05, 0.1) is 23.9 Å². The van der Waals surface area contributed by atoms with Crippen LogP contribution in [0, 0.1) is 6.92 Å². The summed E-state index contributed by atoms with van der Waals surface area (Å²) >= 11 is 5.92. The van der Waals surface area contributed by atoms with E-state index in [-0.39, 0.29) is 5.78 Å². The molecule has 3 aromatic heterocycles. The van der Waals surface area contributed by atoms with E-state index in [2.05, 4.69) is 29.0 Å². The topological polar surface area (TPSA) is 60.2 Å². The zero-order valence-corrected chi connectivity index (χ0v) is 20.2. The fourth-order valence-corrected chi connectivity index (χ4v) is 5.00. The number of pyridine rings is 2. The molecule has 1 aliphatic heterocycles. The van der Waals surface area contributed by atoms with E-state index in [0.717, 1.165) is 68.2 Å². The highest BCUT2D eigenvalue weighted by Gasteiger charge is 2.24. The molecule has 0 N–H and O–H groups in total. The number of hydrogen-bond donors (Lipinski definition) is 0. The van der Waals surface area contributed by atoms with E-state index in [1.54, 1.807) is 12.3 Å². The molecular weight excluding hydrogens is 448 g/mol. The monoisotopic (exact) mass is 476 g/mol. The predicted molar refractivity (Wildman–Crippen MR) is 134 cm³/mol. The summed E-state index contributed by atoms with van der Waals surface area (Å²) in [6.45, 7) is 5.85. The molecule has 0 aromatic carbocycles. The minimum absolute atomic E-state index is 0.0619. The average Bonchev–Trinajstić information content (AvgIpc) is 3.36. The van der Waals surface area contributed by atoms with E-state index in [9.17, 15) is 4.79 Å². The highest BCUT2D eigenvalue weighted by molar-refractivity contribution is 6.30. The van der Waals surface area contributed by atoms with Gasteiger partial charge in [-0.1, -0.05) is 23.7 Å². The first-order chi connectivity index (χ1) is 16.6. The number of halogens is 1. The number of aromatic nitrogens is 3. The first-order valence-corrected chi connectivity index (χ1v) is 12.2. The van der Waals surface area contributed by atoms with Crippen LogP contribution in [-0.4, -0.2) is 57.6 Å². The average molecular weight is 477 g/mol. The van der Waals surface area contributed by atoms with Gasteiger partial charge >= 0.3 is 0 Å². The lowest BCUT2D eigenvalue weighted by molar-refractivity contribution is 0.0150. The van der Waals surface area contributed by atoms with Gasteiger partial charge in [-0.25, -0.2) is 4.98 Å². The molecule has 1 unspecified atom stereocenters. The molecule has 1 atom stereocenters. The molecule has 5 rings (SSSR count). The van der Waals surface area contributed by atoms with Crippen molar-refractivity contribution in [3.63, 3.8) is 0 Å². The molecule has 0 saturated carbocycles. The van der Waals surface area contributed by atoms with Crippen LogP contribution in [0.15, 0.2) is 55.1 Å². The minimum Gasteiger partial charge on any atom is -0.379 e. The summed E-state index contributed by atoms with van der Waals surface area (Å²) in [6, 6.07) is 8.15. The lowest BCUT2D eigenvalue weighted by Crippen LogP contribution is -2.43. The number of Topliss-reactive ketones (excluding diaryl/α,β-unsaturated/α-hetero) is 1. The maximum Gasteiger partial charge on any atom is 0.168 e. The number of aryl methyl sites for hydroxylation is 1. The van der Waals surface area contributed by atoms with Gasteiger partial charge < -0.3 is 9.30 Å². The predicted octanol–water partition coefficient (Wildman–Crippen LogP) is 4.92. The largest absolute Gasteiger partial charge is 0.379 e. The molecular formula is C27H29ClN4O2. The van der Waals surface area contributed by atoms with Crippen LogP contribution < -0.4 is 0 Å². The second-order valence-electron chi connectivity index (χ2n) is 9.06. The number of morpholine rings is 1. The van der Waals surface area contributed by atoms with Gasteiger partial charge in [0.1, 0.15) is 5.82 Å². The van der Waals surface area contributed by atoms with Crippen molar-refractivity contribution < 1.29 is 9.53 Å². The van der Waals surface area contributed by atoms with E-state index in [1.165, 1.54) is 5.57 Å². The number of nitrogens with zero attached hydrogens (tertiary/aromatic N) is 4. The quantitative estimate of drug-likeness (QED) is 0.472. The van der Waals surface area contributed by atoms with Crippen molar-refractivity contribution in [2.75, 3.05) is 26.3 Å². The highest BCUT2D eigenvalue weighted by Crippen LogP contribution is 2.30. The van der Waals surface area contributed by atoms with Gasteiger partial charge in [0.15, 0.2) is 5.78 Å². The first-order valence-electron chi connectivity index (χ1n) is 11.9. The third-order valence-electron chi connectivity index (χ3n) is 6.74. The molecule has 3 aromatic rings. The third-order valence-corrected chi connectivity index (χ3v) is 6.96. The number of ketones is 1. The summed E-state index contributed by atoms with van der Waals surface area (Å²) in [7, 11) is 0. The van der Waals surface area contributed by atoms with Crippen LogP contribution in [0.2, 0.25) is 5.02 Å². The van der Waals surface area contributed by atoms with Crippen LogP contribution in [-0.2, 0) is 11.2 Å². The Balaban J connectivity index is 1.23. The van der Waals surface area contributed by atoms with E-state index in [0.29, 0.717) is 23.0 Å². The highest BCUT2D eigenvalue weighted by atomic mass is 35.5. The molecule has 1 saturated heterocycles. The molecule has 0 amide bonds. The summed E-state index contributed by atoms with van der Waals surface area (Å²) in [6.07, 6.45) is 13.1. The van der Waals surface area contributed by atoms with Crippen molar-refractivity contribution in [1.29, 1.82) is 0 Å². The Morgan fingerprint density at radius 3 is 2.74 bits per heavy atom. The summed E-state index contributed by atoms with van der Waals surface area (Å²) in [5, 5.41) is 0.583. The summed E-state index contributed by atoms with van der Waals surface area (Å²) in [4.78, 5) is 24.5. The van der Waals surface area contributed by atoms with Gasteiger partial charge in [-0.3, -0.25) is 14.7 Å². The molecule has 6 nitrogen and oxygen atoms in total. The Morgan fingerprint density at radius 2 is 2.03 bits per heavy atom. The maximum atomic E-state index is 12.9. The Labute approximate surface area is 205 Å². The van der Waals surface area contributed by atoms with Gasteiger partial charge in [-0.15, -0.1) is 0 Å². The second kappa shape index (κ2) is 10.2. The molecule has 0 bridgehead atoms. The Kier molecular flexibility index (Phi) is 6.90. The molecule has 1 fully saturated rings. The summed E-state index contributed by atoms with van der Waals surface area (Å²) in [5.74, 6) is 0.786. The molecule has 7 heteroatoms. The lowest BCUT2D eigenvalue weighted by atomic mass is 9.90. The van der Waals surface area contributed by atoms with E-state index < -0.39 is 0 Å². The number of carbonyl (C=O) groups excluding carboxylic acids is 1. The number of carbonyl (C=O) groups is 1. The van der Waals surface area contributed by atoms with E-state index in [1.807, 2.05) is 35.3 Å². The van der Waals surface area contributed by atoms with Crippen LogP contribution in [0.25, 0.3) is 11.4 Å². The smallest absolute Gasteiger partial charge is 0.168 e. The maximum absolute atomic E-state index is 12.9. The molecule has 4 heterocycles. The molecule has 2 aliphatic rings. The van der Waals surface area contributed by atoms with Crippen LogP contribution in [0.3, 0.4) is 0 Å². The van der Waals surface area contributed by atoms with E-state index in [4.69, 9.17) is 21.3 Å². The minimum atomic E-state index is 0.0619. The zero-order valence-electron chi connectivity index (χ0n) is 19.4. The first kappa shape index (κ1) is 23.0. The number of rotatable bonds is 6. The van der Waals surface area contributed by atoms with E-state index >= 15 is 0 Å². The zero-order chi connectivity index (χ0) is 23.5. The number of hydrogen-bond acceptors (Lipinski definition) is 5.